The third-order valence-electron chi connectivity index (χ3n) is 1.76. The standard InChI is InChI=1S/C8H12BrN3O3/c1-14-5(15-2)3-10-7-6(9)8(13)12-4-11-7/h4-5H,3H2,1-2H3,(H2,10,11,12,13). The zero-order valence-corrected chi connectivity index (χ0v) is 10.00. The molecule has 0 fully saturated rings. The van der Waals surface area contributed by atoms with Gasteiger partial charge in [-0.2, -0.15) is 0 Å². The highest BCUT2D eigenvalue weighted by Gasteiger charge is 2.08. The molecule has 1 aromatic rings. The smallest absolute Gasteiger partial charge is 0.267 e. The molecule has 6 nitrogen and oxygen atoms in total. The molecule has 0 saturated heterocycles. The van der Waals surface area contributed by atoms with Crippen LogP contribution >= 0.6 is 15.9 Å². The molecule has 0 aliphatic heterocycles. The molecule has 0 atom stereocenters. The van der Waals surface area contributed by atoms with Crippen molar-refractivity contribution in [2.24, 2.45) is 0 Å². The lowest BCUT2D eigenvalue weighted by atomic mass is 10.5. The van der Waals surface area contributed by atoms with E-state index in [-0.39, 0.29) is 11.8 Å². The van der Waals surface area contributed by atoms with Crippen molar-refractivity contribution >= 4 is 21.7 Å². The van der Waals surface area contributed by atoms with E-state index in [1.165, 1.54) is 20.5 Å². The first-order chi connectivity index (χ1) is 7.19. The monoisotopic (exact) mass is 277 g/mol. The maximum Gasteiger partial charge on any atom is 0.267 e. The van der Waals surface area contributed by atoms with Crippen LogP contribution in [-0.4, -0.2) is 37.0 Å². The number of hydrogen-bond acceptors (Lipinski definition) is 5. The zero-order chi connectivity index (χ0) is 11.3. The molecule has 0 aromatic carbocycles. The summed E-state index contributed by atoms with van der Waals surface area (Å²) in [6.07, 6.45) is 0.947. The minimum absolute atomic E-state index is 0.237. The summed E-state index contributed by atoms with van der Waals surface area (Å²) in [7, 11) is 3.08. The molecule has 0 bridgehead atoms. The lowest BCUT2D eigenvalue weighted by molar-refractivity contribution is -0.0914. The fourth-order valence-electron chi connectivity index (χ4n) is 0.949. The van der Waals surface area contributed by atoms with Crippen LogP contribution in [0.4, 0.5) is 5.82 Å². The van der Waals surface area contributed by atoms with Gasteiger partial charge in [-0.3, -0.25) is 4.79 Å². The molecule has 0 aliphatic rings. The Labute approximate surface area is 95.1 Å². The summed E-state index contributed by atoms with van der Waals surface area (Å²) in [6, 6.07) is 0. The number of halogens is 1. The summed E-state index contributed by atoms with van der Waals surface area (Å²) in [5, 5.41) is 2.93. The van der Waals surface area contributed by atoms with Gasteiger partial charge in [-0.25, -0.2) is 4.98 Å². The maximum atomic E-state index is 11.2. The van der Waals surface area contributed by atoms with Crippen molar-refractivity contribution in [3.63, 3.8) is 0 Å². The second-order valence-corrected chi connectivity index (χ2v) is 3.47. The molecule has 0 saturated carbocycles. The number of rotatable bonds is 5. The molecular weight excluding hydrogens is 266 g/mol. The molecule has 1 aromatic heterocycles. The van der Waals surface area contributed by atoms with Crippen LogP contribution in [0, 0.1) is 0 Å². The lowest BCUT2D eigenvalue weighted by Gasteiger charge is -2.14. The quantitative estimate of drug-likeness (QED) is 0.770. The highest BCUT2D eigenvalue weighted by Crippen LogP contribution is 2.12. The molecule has 0 spiro atoms. The number of nitrogens with zero attached hydrogens (tertiary/aromatic N) is 1. The average Bonchev–Trinajstić information content (AvgIpc) is 2.25. The summed E-state index contributed by atoms with van der Waals surface area (Å²) in [6.45, 7) is 0.405. The third kappa shape index (κ3) is 3.29. The second kappa shape index (κ2) is 5.84. The van der Waals surface area contributed by atoms with Gasteiger partial charge in [0.05, 0.1) is 12.9 Å². The topological polar surface area (TPSA) is 76.2 Å². The molecule has 0 aliphatic carbocycles. The largest absolute Gasteiger partial charge is 0.364 e. The maximum absolute atomic E-state index is 11.2. The van der Waals surface area contributed by atoms with Crippen LogP contribution in [0.25, 0.3) is 0 Å². The van der Waals surface area contributed by atoms with Crippen LogP contribution < -0.4 is 10.9 Å². The van der Waals surface area contributed by atoms with Crippen molar-refractivity contribution in [3.05, 3.63) is 21.2 Å². The molecule has 2 N–H and O–H groups in total. The van der Waals surface area contributed by atoms with E-state index >= 15 is 0 Å². The molecule has 7 heteroatoms. The van der Waals surface area contributed by atoms with Crippen LogP contribution in [-0.2, 0) is 9.47 Å². The molecule has 1 rings (SSSR count). The number of nitrogens with one attached hydrogen (secondary N) is 2. The molecule has 0 radical (unpaired) electrons. The number of aromatic nitrogens is 2. The van der Waals surface area contributed by atoms with Gasteiger partial charge in [0, 0.05) is 14.2 Å². The minimum Gasteiger partial charge on any atom is -0.364 e. The van der Waals surface area contributed by atoms with Gasteiger partial charge in [0.15, 0.2) is 6.29 Å². The van der Waals surface area contributed by atoms with Gasteiger partial charge in [0.25, 0.3) is 5.56 Å². The Balaban J connectivity index is 2.65. The Morgan fingerprint density at radius 3 is 2.87 bits per heavy atom. The van der Waals surface area contributed by atoms with Crippen LogP contribution in [0.5, 0.6) is 0 Å². The fraction of sp³-hybridized carbons (Fsp3) is 0.500. The molecule has 0 amide bonds. The Kier molecular flexibility index (Phi) is 4.73. The van der Waals surface area contributed by atoms with Crippen molar-refractivity contribution < 1.29 is 9.47 Å². The SMILES string of the molecule is COC(CNc1nc[nH]c(=O)c1Br)OC. The average molecular weight is 278 g/mol. The van der Waals surface area contributed by atoms with E-state index in [1.807, 2.05) is 0 Å². The molecule has 15 heavy (non-hydrogen) atoms. The van der Waals surface area contributed by atoms with E-state index in [2.05, 4.69) is 31.2 Å². The van der Waals surface area contributed by atoms with Gasteiger partial charge in [-0.05, 0) is 15.9 Å². The van der Waals surface area contributed by atoms with Crippen LogP contribution in [0.1, 0.15) is 0 Å². The summed E-state index contributed by atoms with van der Waals surface area (Å²) in [5.41, 5.74) is -0.237. The number of ether oxygens (including phenoxy) is 2. The molecule has 1 heterocycles. The lowest BCUT2D eigenvalue weighted by Crippen LogP contribution is -2.25. The highest BCUT2D eigenvalue weighted by molar-refractivity contribution is 9.10. The van der Waals surface area contributed by atoms with E-state index in [1.54, 1.807) is 0 Å². The Morgan fingerprint density at radius 2 is 2.27 bits per heavy atom. The Morgan fingerprint density at radius 1 is 1.60 bits per heavy atom. The van der Waals surface area contributed by atoms with E-state index in [9.17, 15) is 4.79 Å². The number of methoxy groups -OCH3 is 2. The van der Waals surface area contributed by atoms with E-state index < -0.39 is 0 Å². The van der Waals surface area contributed by atoms with Crippen molar-refractivity contribution in [2.75, 3.05) is 26.1 Å². The van der Waals surface area contributed by atoms with Crippen molar-refractivity contribution in [3.8, 4) is 0 Å². The van der Waals surface area contributed by atoms with Crippen LogP contribution in [0.15, 0.2) is 15.6 Å². The van der Waals surface area contributed by atoms with Gasteiger partial charge in [0.2, 0.25) is 0 Å². The number of aromatic amines is 1. The fourth-order valence-corrected chi connectivity index (χ4v) is 1.31. The highest BCUT2D eigenvalue weighted by atomic mass is 79.9. The van der Waals surface area contributed by atoms with E-state index in [4.69, 9.17) is 9.47 Å². The van der Waals surface area contributed by atoms with E-state index in [0.29, 0.717) is 16.8 Å². The Hall–Kier alpha value is -0.920. The molecular formula is C8H12BrN3O3. The van der Waals surface area contributed by atoms with Gasteiger partial charge >= 0.3 is 0 Å². The first-order valence-corrected chi connectivity index (χ1v) is 5.01. The third-order valence-corrected chi connectivity index (χ3v) is 2.49. The minimum atomic E-state index is -0.377. The number of H-pyrrole nitrogens is 1. The van der Waals surface area contributed by atoms with Crippen molar-refractivity contribution in [1.29, 1.82) is 0 Å². The second-order valence-electron chi connectivity index (χ2n) is 2.68. The van der Waals surface area contributed by atoms with Crippen LogP contribution in [0.2, 0.25) is 0 Å². The van der Waals surface area contributed by atoms with Crippen molar-refractivity contribution in [1.82, 2.24) is 9.97 Å². The van der Waals surface area contributed by atoms with Gasteiger partial charge in [0.1, 0.15) is 10.3 Å². The first kappa shape index (κ1) is 12.2. The molecule has 0 unspecified atom stereocenters. The predicted octanol–water partition coefficient (Wildman–Crippen LogP) is 0.563. The zero-order valence-electron chi connectivity index (χ0n) is 8.41. The van der Waals surface area contributed by atoms with Gasteiger partial charge in [-0.1, -0.05) is 0 Å². The number of hydrogen-bond donors (Lipinski definition) is 2. The summed E-state index contributed by atoms with van der Waals surface area (Å²) in [5.74, 6) is 0.456. The first-order valence-electron chi connectivity index (χ1n) is 4.21. The summed E-state index contributed by atoms with van der Waals surface area (Å²) < 4.78 is 10.3. The molecule has 84 valence electrons. The Bertz CT molecular complexity index is 364. The van der Waals surface area contributed by atoms with Gasteiger partial charge < -0.3 is 19.8 Å². The predicted molar refractivity (Wildman–Crippen MR) is 58.9 cm³/mol. The summed E-state index contributed by atoms with van der Waals surface area (Å²) >= 11 is 3.12. The number of anilines is 1. The summed E-state index contributed by atoms with van der Waals surface area (Å²) in [4.78, 5) is 17.6. The van der Waals surface area contributed by atoms with E-state index in [0.717, 1.165) is 0 Å². The van der Waals surface area contributed by atoms with Gasteiger partial charge in [-0.15, -0.1) is 0 Å². The normalized spacial score (nSPS) is 10.7. The van der Waals surface area contributed by atoms with Crippen molar-refractivity contribution in [2.45, 2.75) is 6.29 Å². The van der Waals surface area contributed by atoms with Crippen LogP contribution in [0.3, 0.4) is 0 Å².